The molecule has 1 aliphatic carbocycles. The highest BCUT2D eigenvalue weighted by Crippen LogP contribution is 2.34. The van der Waals surface area contributed by atoms with Crippen molar-refractivity contribution in [2.75, 3.05) is 0 Å². The minimum atomic E-state index is -0.724. The lowest BCUT2D eigenvalue weighted by atomic mass is 10.0. The summed E-state index contributed by atoms with van der Waals surface area (Å²) in [4.78, 5) is 10.9. The molecule has 3 nitrogen and oxygen atoms in total. The maximum Gasteiger partial charge on any atom is 0.303 e. The highest BCUT2D eigenvalue weighted by Gasteiger charge is 2.31. The van der Waals surface area contributed by atoms with Crippen LogP contribution in [0.25, 0.3) is 0 Å². The number of benzene rings is 1. The molecule has 1 N–H and O–H groups in total. The Morgan fingerprint density at radius 3 is 2.47 bits per heavy atom. The standard InChI is InChI=1S/C16H22O3/c1-10-7-11(2)16(12(3)8-10)19-14-6-4-5-13(14)9-15(17)18/h7-8,13-14H,4-6,9H2,1-3H3,(H,17,18). The summed E-state index contributed by atoms with van der Waals surface area (Å²) in [6.07, 6.45) is 3.25. The van der Waals surface area contributed by atoms with Crippen molar-refractivity contribution in [1.82, 2.24) is 0 Å². The lowest BCUT2D eigenvalue weighted by Crippen LogP contribution is -2.24. The zero-order valence-electron chi connectivity index (χ0n) is 11.9. The summed E-state index contributed by atoms with van der Waals surface area (Å²) < 4.78 is 6.14. The second-order valence-electron chi connectivity index (χ2n) is 5.67. The van der Waals surface area contributed by atoms with E-state index < -0.39 is 5.97 Å². The smallest absolute Gasteiger partial charge is 0.303 e. The Hall–Kier alpha value is -1.51. The first-order valence-corrected chi connectivity index (χ1v) is 6.93. The van der Waals surface area contributed by atoms with Gasteiger partial charge in [0.15, 0.2) is 0 Å². The maximum atomic E-state index is 10.9. The van der Waals surface area contributed by atoms with Crippen LogP contribution in [0.4, 0.5) is 0 Å². The number of ether oxygens (including phenoxy) is 1. The minimum Gasteiger partial charge on any atom is -0.490 e. The van der Waals surface area contributed by atoms with Gasteiger partial charge in [0.1, 0.15) is 11.9 Å². The van der Waals surface area contributed by atoms with E-state index in [9.17, 15) is 4.79 Å². The first-order chi connectivity index (χ1) is 8.97. The number of aliphatic carboxylic acids is 1. The van der Waals surface area contributed by atoms with Gasteiger partial charge < -0.3 is 9.84 Å². The molecule has 0 amide bonds. The first-order valence-electron chi connectivity index (χ1n) is 6.93. The van der Waals surface area contributed by atoms with Gasteiger partial charge in [0.25, 0.3) is 0 Å². The van der Waals surface area contributed by atoms with Crippen molar-refractivity contribution in [1.29, 1.82) is 0 Å². The molecule has 1 aromatic rings. The maximum absolute atomic E-state index is 10.9. The zero-order chi connectivity index (χ0) is 14.0. The van der Waals surface area contributed by atoms with Gasteiger partial charge in [-0.25, -0.2) is 0 Å². The van der Waals surface area contributed by atoms with Crippen molar-refractivity contribution < 1.29 is 14.6 Å². The predicted octanol–water partition coefficient (Wildman–Crippen LogP) is 3.63. The molecule has 0 bridgehead atoms. The van der Waals surface area contributed by atoms with Crippen molar-refractivity contribution in [3.05, 3.63) is 28.8 Å². The topological polar surface area (TPSA) is 46.5 Å². The highest BCUT2D eigenvalue weighted by molar-refractivity contribution is 5.67. The van der Waals surface area contributed by atoms with Crippen molar-refractivity contribution >= 4 is 5.97 Å². The summed E-state index contributed by atoms with van der Waals surface area (Å²) in [6.45, 7) is 6.18. The third-order valence-corrected chi connectivity index (χ3v) is 3.90. The largest absolute Gasteiger partial charge is 0.490 e. The number of hydrogen-bond acceptors (Lipinski definition) is 2. The van der Waals surface area contributed by atoms with E-state index in [2.05, 4.69) is 32.9 Å². The van der Waals surface area contributed by atoms with Crippen LogP contribution in [0, 0.1) is 26.7 Å². The van der Waals surface area contributed by atoms with Gasteiger partial charge in [-0.3, -0.25) is 4.79 Å². The van der Waals surface area contributed by atoms with Gasteiger partial charge in [-0.05, 0) is 51.2 Å². The third-order valence-electron chi connectivity index (χ3n) is 3.90. The fraction of sp³-hybridized carbons (Fsp3) is 0.562. The third kappa shape index (κ3) is 3.28. The van der Waals surface area contributed by atoms with Gasteiger partial charge in [-0.1, -0.05) is 17.7 Å². The highest BCUT2D eigenvalue weighted by atomic mass is 16.5. The van der Waals surface area contributed by atoms with E-state index in [4.69, 9.17) is 9.84 Å². The monoisotopic (exact) mass is 262 g/mol. The summed E-state index contributed by atoms with van der Waals surface area (Å²) >= 11 is 0. The van der Waals surface area contributed by atoms with Crippen LogP contribution in [0.2, 0.25) is 0 Å². The van der Waals surface area contributed by atoms with Crippen molar-refractivity contribution in [3.8, 4) is 5.75 Å². The van der Waals surface area contributed by atoms with Crippen LogP contribution in [0.1, 0.15) is 42.4 Å². The van der Waals surface area contributed by atoms with E-state index in [-0.39, 0.29) is 18.4 Å². The molecule has 0 radical (unpaired) electrons. The second-order valence-corrected chi connectivity index (χ2v) is 5.67. The van der Waals surface area contributed by atoms with E-state index in [0.717, 1.165) is 36.1 Å². The number of hydrogen-bond donors (Lipinski definition) is 1. The summed E-state index contributed by atoms with van der Waals surface area (Å²) in [5.41, 5.74) is 3.51. The van der Waals surface area contributed by atoms with Crippen LogP contribution in [0.15, 0.2) is 12.1 Å². The molecule has 1 aromatic carbocycles. The van der Waals surface area contributed by atoms with Crippen molar-refractivity contribution in [2.45, 2.75) is 52.6 Å². The molecule has 104 valence electrons. The van der Waals surface area contributed by atoms with E-state index >= 15 is 0 Å². The first kappa shape index (κ1) is 13.9. The molecular weight excluding hydrogens is 240 g/mol. The molecule has 1 fully saturated rings. The number of carboxylic acids is 1. The minimum absolute atomic E-state index is 0.0520. The fourth-order valence-electron chi connectivity index (χ4n) is 3.12. The molecule has 0 aliphatic heterocycles. The molecule has 2 atom stereocenters. The van der Waals surface area contributed by atoms with Crippen LogP contribution >= 0.6 is 0 Å². The van der Waals surface area contributed by atoms with E-state index in [0.29, 0.717) is 0 Å². The SMILES string of the molecule is Cc1cc(C)c(OC2CCCC2CC(=O)O)c(C)c1. The summed E-state index contributed by atoms with van der Waals surface area (Å²) in [7, 11) is 0. The predicted molar refractivity (Wildman–Crippen MR) is 74.7 cm³/mol. The lowest BCUT2D eigenvalue weighted by Gasteiger charge is -2.22. The molecule has 19 heavy (non-hydrogen) atoms. The summed E-state index contributed by atoms with van der Waals surface area (Å²) in [6, 6.07) is 4.23. The average molecular weight is 262 g/mol. The van der Waals surface area contributed by atoms with Crippen LogP contribution in [-0.2, 0) is 4.79 Å². The van der Waals surface area contributed by atoms with Gasteiger partial charge in [0, 0.05) is 5.92 Å². The summed E-state index contributed by atoms with van der Waals surface area (Å²) in [5.74, 6) is 0.364. The average Bonchev–Trinajstić information content (AvgIpc) is 2.70. The molecule has 0 aromatic heterocycles. The molecule has 3 heteroatoms. The summed E-state index contributed by atoms with van der Waals surface area (Å²) in [5, 5.41) is 8.95. The Morgan fingerprint density at radius 2 is 1.89 bits per heavy atom. The quantitative estimate of drug-likeness (QED) is 0.901. The number of carboxylic acid groups (broad SMARTS) is 1. The van der Waals surface area contributed by atoms with Crippen molar-refractivity contribution in [2.24, 2.45) is 5.92 Å². The van der Waals surface area contributed by atoms with Crippen LogP contribution in [0.3, 0.4) is 0 Å². The van der Waals surface area contributed by atoms with Crippen LogP contribution in [0.5, 0.6) is 5.75 Å². The molecule has 1 saturated carbocycles. The Labute approximate surface area is 114 Å². The number of rotatable bonds is 4. The zero-order valence-corrected chi connectivity index (χ0v) is 11.9. The molecule has 2 rings (SSSR count). The number of aryl methyl sites for hydroxylation is 3. The van der Waals surface area contributed by atoms with Crippen molar-refractivity contribution in [3.63, 3.8) is 0 Å². The molecule has 1 aliphatic rings. The van der Waals surface area contributed by atoms with Gasteiger partial charge >= 0.3 is 5.97 Å². The Bertz CT molecular complexity index is 456. The van der Waals surface area contributed by atoms with Gasteiger partial charge in [0.2, 0.25) is 0 Å². The lowest BCUT2D eigenvalue weighted by molar-refractivity contribution is -0.138. The number of carbonyl (C=O) groups is 1. The van der Waals surface area contributed by atoms with Gasteiger partial charge in [-0.2, -0.15) is 0 Å². The van der Waals surface area contributed by atoms with Gasteiger partial charge in [-0.15, -0.1) is 0 Å². The Morgan fingerprint density at radius 1 is 1.26 bits per heavy atom. The molecule has 2 unspecified atom stereocenters. The molecular formula is C16H22O3. The molecule has 0 saturated heterocycles. The van der Waals surface area contributed by atoms with Gasteiger partial charge in [0.05, 0.1) is 6.42 Å². The normalized spacial score (nSPS) is 22.5. The molecule has 0 spiro atoms. The van der Waals surface area contributed by atoms with E-state index in [1.54, 1.807) is 0 Å². The Kier molecular flexibility index (Phi) is 4.13. The van der Waals surface area contributed by atoms with Crippen LogP contribution < -0.4 is 4.74 Å². The Balaban J connectivity index is 2.14. The molecule has 0 heterocycles. The van der Waals surface area contributed by atoms with E-state index in [1.807, 2.05) is 0 Å². The fourth-order valence-corrected chi connectivity index (χ4v) is 3.12. The van der Waals surface area contributed by atoms with E-state index in [1.165, 1.54) is 5.56 Å². The van der Waals surface area contributed by atoms with Crippen LogP contribution in [-0.4, -0.2) is 17.2 Å². The second kappa shape index (κ2) is 5.64.